The van der Waals surface area contributed by atoms with Gasteiger partial charge in [-0.15, -0.1) is 0 Å². The Morgan fingerprint density at radius 3 is 1.85 bits per heavy atom. The molecular weight excluding hydrogens is 592 g/mol. The van der Waals surface area contributed by atoms with Crippen LogP contribution in [0.4, 0.5) is 0 Å². The van der Waals surface area contributed by atoms with E-state index < -0.39 is 54.1 Å². The number of carboxylic acid groups (broad SMARTS) is 1. The van der Waals surface area contributed by atoms with Gasteiger partial charge in [-0.3, -0.25) is 33.7 Å². The Balaban J connectivity index is 1.75. The third-order valence-corrected chi connectivity index (χ3v) is 7.54. The quantitative estimate of drug-likeness (QED) is 0.171. The molecule has 6 N–H and O–H groups in total. The van der Waals surface area contributed by atoms with Gasteiger partial charge in [0.15, 0.2) is 0 Å². The van der Waals surface area contributed by atoms with Gasteiger partial charge in [0.1, 0.15) is 18.1 Å². The Bertz CT molecular complexity index is 1350. The summed E-state index contributed by atoms with van der Waals surface area (Å²) in [5, 5.41) is 17.5. The largest absolute Gasteiger partial charge is 0.481 e. The minimum Gasteiger partial charge on any atom is -0.481 e. The van der Waals surface area contributed by atoms with E-state index in [2.05, 4.69) is 16.0 Å². The molecular formula is C33H44N6O7. The van der Waals surface area contributed by atoms with Crippen LogP contribution in [0.2, 0.25) is 0 Å². The van der Waals surface area contributed by atoms with E-state index in [0.29, 0.717) is 26.2 Å². The van der Waals surface area contributed by atoms with Gasteiger partial charge in [0, 0.05) is 32.6 Å². The number of nitrogens with one attached hydrogen (secondary N) is 3. The van der Waals surface area contributed by atoms with Crippen LogP contribution in [0, 0.1) is 5.92 Å². The van der Waals surface area contributed by atoms with E-state index in [4.69, 9.17) is 5.73 Å². The minimum absolute atomic E-state index is 0.00385. The lowest BCUT2D eigenvalue weighted by Crippen LogP contribution is -2.59. The lowest BCUT2D eigenvalue weighted by Gasteiger charge is -2.36. The van der Waals surface area contributed by atoms with Gasteiger partial charge in [-0.25, -0.2) is 0 Å². The van der Waals surface area contributed by atoms with Crippen molar-refractivity contribution >= 4 is 35.5 Å². The zero-order chi connectivity index (χ0) is 33.6. The first kappa shape index (κ1) is 35.7. The highest BCUT2D eigenvalue weighted by atomic mass is 16.4. The number of primary amides is 1. The second-order valence-corrected chi connectivity index (χ2v) is 11.9. The van der Waals surface area contributed by atoms with Crippen LogP contribution < -0.4 is 21.7 Å². The van der Waals surface area contributed by atoms with Crippen molar-refractivity contribution in [1.82, 2.24) is 25.8 Å². The van der Waals surface area contributed by atoms with Crippen LogP contribution in [0.3, 0.4) is 0 Å². The number of carbonyl (C=O) groups is 6. The predicted molar refractivity (Wildman–Crippen MR) is 170 cm³/mol. The smallest absolute Gasteiger partial charge is 0.305 e. The van der Waals surface area contributed by atoms with Crippen LogP contribution in [0.15, 0.2) is 60.7 Å². The molecule has 1 saturated heterocycles. The fourth-order valence-corrected chi connectivity index (χ4v) is 5.28. The number of rotatable bonds is 16. The third kappa shape index (κ3) is 12.0. The molecule has 0 bridgehead atoms. The standard InChI is InChI=1S/C33H44N6O7/c1-22(2)17-25(35-29(41)19-24-11-7-4-8-12-24)31(44)36-26(20-30(42)43)32(45)37-27(18-23-9-5-3-6-10-23)33(46)39-15-13-38(14-16-39)21-28(34)40/h3-12,22,25-27H,13-21H2,1-2H3,(H2,34,40)(H,35,41)(H,36,44)(H,37,45)(H,42,43)/t25-,26-,27-/m0/s1. The molecule has 0 radical (unpaired) electrons. The number of piperazine rings is 1. The van der Waals surface area contributed by atoms with E-state index in [9.17, 15) is 33.9 Å². The summed E-state index contributed by atoms with van der Waals surface area (Å²) in [6, 6.07) is 14.5. The number of nitrogens with zero attached hydrogens (tertiary/aromatic N) is 2. The van der Waals surface area contributed by atoms with Crippen LogP contribution in [-0.4, -0.2) is 101 Å². The first-order chi connectivity index (χ1) is 21.9. The number of hydrogen-bond acceptors (Lipinski definition) is 7. The molecule has 13 nitrogen and oxygen atoms in total. The first-order valence-electron chi connectivity index (χ1n) is 15.4. The Labute approximate surface area is 268 Å². The molecule has 0 aliphatic carbocycles. The molecule has 2 aromatic carbocycles. The maximum Gasteiger partial charge on any atom is 0.305 e. The Hall–Kier alpha value is -4.78. The van der Waals surface area contributed by atoms with E-state index in [-0.39, 0.29) is 37.6 Å². The van der Waals surface area contributed by atoms with Gasteiger partial charge < -0.3 is 31.7 Å². The SMILES string of the molecule is CC(C)C[C@H](NC(=O)Cc1ccccc1)C(=O)N[C@@H](CC(=O)O)C(=O)N[C@@H](Cc1ccccc1)C(=O)N1CCN(CC(N)=O)CC1. The van der Waals surface area contributed by atoms with Crippen molar-refractivity contribution < 1.29 is 33.9 Å². The second-order valence-electron chi connectivity index (χ2n) is 11.9. The van der Waals surface area contributed by atoms with Crippen LogP contribution in [-0.2, 0) is 41.6 Å². The molecule has 13 heteroatoms. The summed E-state index contributed by atoms with van der Waals surface area (Å²) >= 11 is 0. The number of carbonyl (C=O) groups excluding carboxylic acids is 5. The summed E-state index contributed by atoms with van der Waals surface area (Å²) in [6.45, 7) is 5.28. The van der Waals surface area contributed by atoms with Crippen molar-refractivity contribution in [2.45, 2.75) is 57.7 Å². The van der Waals surface area contributed by atoms with Crippen LogP contribution in [0.25, 0.3) is 0 Å². The summed E-state index contributed by atoms with van der Waals surface area (Å²) in [5.41, 5.74) is 6.83. The van der Waals surface area contributed by atoms with E-state index in [1.165, 1.54) is 0 Å². The van der Waals surface area contributed by atoms with Crippen molar-refractivity contribution in [3.8, 4) is 0 Å². The molecule has 248 valence electrons. The van der Waals surface area contributed by atoms with E-state index in [0.717, 1.165) is 11.1 Å². The van der Waals surface area contributed by atoms with Crippen molar-refractivity contribution in [3.05, 3.63) is 71.8 Å². The Morgan fingerprint density at radius 1 is 0.761 bits per heavy atom. The molecule has 1 aliphatic rings. The zero-order valence-corrected chi connectivity index (χ0v) is 26.3. The predicted octanol–water partition coefficient (Wildman–Crippen LogP) is 0.0765. The molecule has 1 aliphatic heterocycles. The lowest BCUT2D eigenvalue weighted by atomic mass is 10.0. The Morgan fingerprint density at radius 2 is 1.30 bits per heavy atom. The van der Waals surface area contributed by atoms with Gasteiger partial charge in [-0.05, 0) is 23.5 Å². The summed E-state index contributed by atoms with van der Waals surface area (Å²) in [5.74, 6) is -4.10. The lowest BCUT2D eigenvalue weighted by molar-refractivity contribution is -0.142. The molecule has 0 spiro atoms. The minimum atomic E-state index is -1.51. The molecule has 0 saturated carbocycles. The molecule has 1 heterocycles. The topological polar surface area (TPSA) is 191 Å². The van der Waals surface area contributed by atoms with Gasteiger partial charge in [-0.2, -0.15) is 0 Å². The first-order valence-corrected chi connectivity index (χ1v) is 15.4. The molecule has 3 atom stereocenters. The van der Waals surface area contributed by atoms with E-state index in [1.54, 1.807) is 41.3 Å². The third-order valence-electron chi connectivity index (χ3n) is 7.54. The number of nitrogens with two attached hydrogens (primary N) is 1. The maximum atomic E-state index is 13.7. The maximum absolute atomic E-state index is 13.7. The zero-order valence-electron chi connectivity index (χ0n) is 26.3. The highest BCUT2D eigenvalue weighted by Gasteiger charge is 2.34. The van der Waals surface area contributed by atoms with E-state index >= 15 is 0 Å². The number of benzene rings is 2. The van der Waals surface area contributed by atoms with Gasteiger partial charge in [0.25, 0.3) is 0 Å². The molecule has 0 aromatic heterocycles. The van der Waals surface area contributed by atoms with Crippen LogP contribution >= 0.6 is 0 Å². The number of hydrogen-bond donors (Lipinski definition) is 5. The number of carboxylic acids is 1. The highest BCUT2D eigenvalue weighted by Crippen LogP contribution is 2.11. The van der Waals surface area contributed by atoms with Crippen molar-refractivity contribution in [2.24, 2.45) is 11.7 Å². The molecule has 5 amide bonds. The van der Waals surface area contributed by atoms with Crippen LogP contribution in [0.5, 0.6) is 0 Å². The summed E-state index contributed by atoms with van der Waals surface area (Å²) < 4.78 is 0. The van der Waals surface area contributed by atoms with Crippen molar-refractivity contribution in [2.75, 3.05) is 32.7 Å². The monoisotopic (exact) mass is 636 g/mol. The highest BCUT2D eigenvalue weighted by molar-refractivity contribution is 5.96. The van der Waals surface area contributed by atoms with Gasteiger partial charge in [0.05, 0.1) is 19.4 Å². The summed E-state index contributed by atoms with van der Waals surface area (Å²) in [6.07, 6.45) is -0.305. The van der Waals surface area contributed by atoms with Gasteiger partial charge >= 0.3 is 5.97 Å². The van der Waals surface area contributed by atoms with Crippen molar-refractivity contribution in [3.63, 3.8) is 0 Å². The van der Waals surface area contributed by atoms with Gasteiger partial charge in [0.2, 0.25) is 29.5 Å². The fraction of sp³-hybridized carbons (Fsp3) is 0.455. The number of aliphatic carboxylic acids is 1. The Kier molecular flexibility index (Phi) is 13.7. The van der Waals surface area contributed by atoms with Gasteiger partial charge in [-0.1, -0.05) is 74.5 Å². The average Bonchev–Trinajstić information content (AvgIpc) is 3.00. The molecule has 1 fully saturated rings. The van der Waals surface area contributed by atoms with Crippen LogP contribution in [0.1, 0.15) is 37.8 Å². The second kappa shape index (κ2) is 17.6. The average molecular weight is 637 g/mol. The summed E-state index contributed by atoms with van der Waals surface area (Å²) in [7, 11) is 0. The molecule has 46 heavy (non-hydrogen) atoms. The molecule has 3 rings (SSSR count). The molecule has 2 aromatic rings. The fourth-order valence-electron chi connectivity index (χ4n) is 5.28. The summed E-state index contributed by atoms with van der Waals surface area (Å²) in [4.78, 5) is 80.0. The number of amides is 5. The normalized spacial score (nSPS) is 15.3. The van der Waals surface area contributed by atoms with E-state index in [1.807, 2.05) is 43.0 Å². The van der Waals surface area contributed by atoms with Crippen molar-refractivity contribution in [1.29, 1.82) is 0 Å². The molecule has 0 unspecified atom stereocenters.